The highest BCUT2D eigenvalue weighted by atomic mass is 16.1. The van der Waals surface area contributed by atoms with E-state index in [4.69, 9.17) is 4.98 Å². The minimum absolute atomic E-state index is 0.121. The Labute approximate surface area is 129 Å². The smallest absolute Gasteiger partial charge is 0.167 e. The molecule has 1 saturated heterocycles. The lowest BCUT2D eigenvalue weighted by atomic mass is 9.86. The number of hydrogen-bond donors (Lipinski definition) is 1. The SMILES string of the molecule is O=C(c1c2ccccc2nc2ccccc12)C1CCNCC1. The Morgan fingerprint density at radius 1 is 0.909 bits per heavy atom. The van der Waals surface area contributed by atoms with Gasteiger partial charge >= 0.3 is 0 Å². The number of nitrogens with one attached hydrogen (secondary N) is 1. The number of pyridine rings is 1. The summed E-state index contributed by atoms with van der Waals surface area (Å²) in [6.07, 6.45) is 1.84. The second-order valence-electron chi connectivity index (χ2n) is 5.91. The summed E-state index contributed by atoms with van der Waals surface area (Å²) in [5.41, 5.74) is 2.66. The predicted molar refractivity (Wildman–Crippen MR) is 89.2 cm³/mol. The van der Waals surface area contributed by atoms with Gasteiger partial charge in [-0.05, 0) is 38.1 Å². The van der Waals surface area contributed by atoms with Gasteiger partial charge in [-0.25, -0.2) is 4.98 Å². The third kappa shape index (κ3) is 2.18. The Morgan fingerprint density at radius 3 is 2.05 bits per heavy atom. The summed E-state index contributed by atoms with van der Waals surface area (Å²) in [5.74, 6) is 0.395. The fourth-order valence-electron chi connectivity index (χ4n) is 3.39. The van der Waals surface area contributed by atoms with Crippen LogP contribution in [-0.4, -0.2) is 23.9 Å². The number of nitrogens with zero attached hydrogens (tertiary/aromatic N) is 1. The summed E-state index contributed by atoms with van der Waals surface area (Å²) >= 11 is 0. The molecule has 0 radical (unpaired) electrons. The van der Waals surface area contributed by atoms with Crippen molar-refractivity contribution in [1.82, 2.24) is 10.3 Å². The maximum atomic E-state index is 13.2. The number of rotatable bonds is 2. The van der Waals surface area contributed by atoms with Crippen LogP contribution in [0.5, 0.6) is 0 Å². The Balaban J connectivity index is 1.97. The molecule has 0 bridgehead atoms. The molecule has 3 heteroatoms. The first-order valence-electron chi connectivity index (χ1n) is 7.87. The summed E-state index contributed by atoms with van der Waals surface area (Å²) < 4.78 is 0. The largest absolute Gasteiger partial charge is 0.317 e. The molecule has 0 unspecified atom stereocenters. The molecule has 1 aromatic heterocycles. The molecule has 0 spiro atoms. The summed E-state index contributed by atoms with van der Waals surface area (Å²) in [5, 5.41) is 5.28. The lowest BCUT2D eigenvalue weighted by molar-refractivity contribution is 0.0898. The van der Waals surface area contributed by atoms with Crippen LogP contribution in [0.3, 0.4) is 0 Å². The first-order valence-corrected chi connectivity index (χ1v) is 7.87. The van der Waals surface area contributed by atoms with E-state index in [1.54, 1.807) is 0 Å². The van der Waals surface area contributed by atoms with Gasteiger partial charge in [-0.3, -0.25) is 4.79 Å². The topological polar surface area (TPSA) is 42.0 Å². The third-order valence-corrected chi connectivity index (χ3v) is 4.54. The summed E-state index contributed by atoms with van der Waals surface area (Å²) in [7, 11) is 0. The van der Waals surface area contributed by atoms with Crippen molar-refractivity contribution in [2.24, 2.45) is 5.92 Å². The van der Waals surface area contributed by atoms with E-state index in [0.29, 0.717) is 0 Å². The minimum atomic E-state index is 0.121. The molecule has 1 aliphatic heterocycles. The fourth-order valence-corrected chi connectivity index (χ4v) is 3.39. The number of ketones is 1. The number of Topliss-reactive ketones (excluding diaryl/α,β-unsaturated/α-hetero) is 1. The number of fused-ring (bicyclic) bond motifs is 2. The van der Waals surface area contributed by atoms with Gasteiger partial charge in [0.05, 0.1) is 11.0 Å². The predicted octanol–water partition coefficient (Wildman–Crippen LogP) is 3.57. The minimum Gasteiger partial charge on any atom is -0.317 e. The van der Waals surface area contributed by atoms with Crippen molar-refractivity contribution in [1.29, 1.82) is 0 Å². The van der Waals surface area contributed by atoms with E-state index >= 15 is 0 Å². The first kappa shape index (κ1) is 13.4. The van der Waals surface area contributed by atoms with E-state index in [1.807, 2.05) is 48.5 Å². The molecule has 0 saturated carbocycles. The van der Waals surface area contributed by atoms with Gasteiger partial charge < -0.3 is 5.32 Å². The molecule has 1 N–H and O–H groups in total. The van der Waals surface area contributed by atoms with Crippen molar-refractivity contribution < 1.29 is 4.79 Å². The van der Waals surface area contributed by atoms with Gasteiger partial charge in [-0.2, -0.15) is 0 Å². The highest BCUT2D eigenvalue weighted by molar-refractivity contribution is 6.17. The average Bonchev–Trinajstić information content (AvgIpc) is 2.60. The standard InChI is InChI=1S/C19H18N2O/c22-19(13-9-11-20-12-10-13)18-14-5-1-3-7-16(14)21-17-8-4-2-6-15(17)18/h1-8,13,20H,9-12H2. The number of hydrogen-bond acceptors (Lipinski definition) is 3. The molecule has 2 aromatic carbocycles. The van der Waals surface area contributed by atoms with Gasteiger partial charge in [0.1, 0.15) is 0 Å². The zero-order valence-corrected chi connectivity index (χ0v) is 12.4. The van der Waals surface area contributed by atoms with Gasteiger partial charge in [0.2, 0.25) is 0 Å². The van der Waals surface area contributed by atoms with Gasteiger partial charge in [0.25, 0.3) is 0 Å². The van der Waals surface area contributed by atoms with E-state index in [9.17, 15) is 4.79 Å². The van der Waals surface area contributed by atoms with Crippen LogP contribution >= 0.6 is 0 Å². The van der Waals surface area contributed by atoms with Crippen LogP contribution in [0.15, 0.2) is 48.5 Å². The van der Waals surface area contributed by atoms with Gasteiger partial charge in [0, 0.05) is 22.3 Å². The first-order chi connectivity index (χ1) is 10.8. The van der Waals surface area contributed by atoms with Crippen LogP contribution in [0.25, 0.3) is 21.8 Å². The number of aromatic nitrogens is 1. The normalized spacial score (nSPS) is 16.2. The van der Waals surface area contributed by atoms with E-state index in [1.165, 1.54) is 0 Å². The van der Waals surface area contributed by atoms with Crippen LogP contribution < -0.4 is 5.32 Å². The Kier molecular flexibility index (Phi) is 3.35. The molecule has 2 heterocycles. The fraction of sp³-hybridized carbons (Fsp3) is 0.263. The molecule has 1 fully saturated rings. The second-order valence-corrected chi connectivity index (χ2v) is 5.91. The van der Waals surface area contributed by atoms with Gasteiger partial charge in [0.15, 0.2) is 5.78 Å². The summed E-state index contributed by atoms with van der Waals surface area (Å²) in [6.45, 7) is 1.86. The molecule has 110 valence electrons. The zero-order chi connectivity index (χ0) is 14.9. The molecule has 0 aliphatic carbocycles. The van der Waals surface area contributed by atoms with Crippen LogP contribution in [-0.2, 0) is 0 Å². The maximum absolute atomic E-state index is 13.2. The van der Waals surface area contributed by atoms with Crippen LogP contribution in [0.1, 0.15) is 23.2 Å². The van der Waals surface area contributed by atoms with Crippen molar-refractivity contribution in [3.63, 3.8) is 0 Å². The Morgan fingerprint density at radius 2 is 1.45 bits per heavy atom. The van der Waals surface area contributed by atoms with Crippen molar-refractivity contribution in [3.05, 3.63) is 54.1 Å². The zero-order valence-electron chi connectivity index (χ0n) is 12.4. The van der Waals surface area contributed by atoms with Crippen molar-refractivity contribution in [3.8, 4) is 0 Å². The second kappa shape index (κ2) is 5.50. The molecular weight excluding hydrogens is 272 g/mol. The number of carbonyl (C=O) groups is 1. The number of para-hydroxylation sites is 2. The van der Waals surface area contributed by atoms with Crippen LogP contribution in [0.4, 0.5) is 0 Å². The summed E-state index contributed by atoms with van der Waals surface area (Å²) in [6, 6.07) is 15.9. The molecule has 3 nitrogen and oxygen atoms in total. The van der Waals surface area contributed by atoms with Gasteiger partial charge in [-0.15, -0.1) is 0 Å². The molecule has 4 rings (SSSR count). The quantitative estimate of drug-likeness (QED) is 0.579. The monoisotopic (exact) mass is 290 g/mol. The number of piperidine rings is 1. The van der Waals surface area contributed by atoms with E-state index in [0.717, 1.165) is 53.3 Å². The molecule has 0 amide bonds. The van der Waals surface area contributed by atoms with Crippen molar-refractivity contribution >= 4 is 27.6 Å². The van der Waals surface area contributed by atoms with Crippen LogP contribution in [0.2, 0.25) is 0 Å². The molecule has 3 aromatic rings. The van der Waals surface area contributed by atoms with Crippen molar-refractivity contribution in [2.75, 3.05) is 13.1 Å². The molecule has 22 heavy (non-hydrogen) atoms. The van der Waals surface area contributed by atoms with Crippen LogP contribution in [0, 0.1) is 5.92 Å². The lowest BCUT2D eigenvalue weighted by Gasteiger charge is -2.22. The third-order valence-electron chi connectivity index (χ3n) is 4.54. The number of benzene rings is 2. The molecule has 0 atom stereocenters. The Hall–Kier alpha value is -2.26. The highest BCUT2D eigenvalue weighted by Gasteiger charge is 2.25. The Bertz CT molecular complexity index is 796. The average molecular weight is 290 g/mol. The van der Waals surface area contributed by atoms with Crippen molar-refractivity contribution in [2.45, 2.75) is 12.8 Å². The van der Waals surface area contributed by atoms with E-state index in [2.05, 4.69) is 5.32 Å². The molecule has 1 aliphatic rings. The summed E-state index contributed by atoms with van der Waals surface area (Å²) in [4.78, 5) is 17.9. The highest BCUT2D eigenvalue weighted by Crippen LogP contribution is 2.30. The lowest BCUT2D eigenvalue weighted by Crippen LogP contribution is -2.32. The maximum Gasteiger partial charge on any atom is 0.167 e. The van der Waals surface area contributed by atoms with E-state index in [-0.39, 0.29) is 11.7 Å². The van der Waals surface area contributed by atoms with E-state index < -0.39 is 0 Å². The van der Waals surface area contributed by atoms with Gasteiger partial charge in [-0.1, -0.05) is 36.4 Å². The number of carbonyl (C=O) groups excluding carboxylic acids is 1. The molecular formula is C19H18N2O.